The van der Waals surface area contributed by atoms with E-state index in [4.69, 9.17) is 10.5 Å². The third-order valence-corrected chi connectivity index (χ3v) is 6.97. The van der Waals surface area contributed by atoms with Gasteiger partial charge in [0.15, 0.2) is 0 Å². The van der Waals surface area contributed by atoms with Crippen LogP contribution in [0.1, 0.15) is 68.2 Å². The van der Waals surface area contributed by atoms with Crippen LogP contribution in [0.5, 0.6) is 0 Å². The maximum atomic E-state index is 12.2. The third kappa shape index (κ3) is 15.9. The fourth-order valence-corrected chi connectivity index (χ4v) is 4.19. The van der Waals surface area contributed by atoms with Gasteiger partial charge in [0.25, 0.3) is 5.91 Å². The number of halogens is 1. The summed E-state index contributed by atoms with van der Waals surface area (Å²) in [5.74, 6) is -0.452. The Balaban J connectivity index is 0. The lowest BCUT2D eigenvalue weighted by Crippen LogP contribution is -2.59. The van der Waals surface area contributed by atoms with E-state index in [0.717, 1.165) is 16.1 Å². The quantitative estimate of drug-likeness (QED) is 0.178. The molecule has 0 radical (unpaired) electrons. The van der Waals surface area contributed by atoms with Crippen LogP contribution >= 0.6 is 27.7 Å². The Kier molecular flexibility index (Phi) is 20.7. The average Bonchev–Trinajstić information content (AvgIpc) is 2.90. The number of alkyl halides is 1. The van der Waals surface area contributed by atoms with Gasteiger partial charge in [-0.15, -0.1) is 11.8 Å². The second-order valence-electron chi connectivity index (χ2n) is 9.30. The molecular formula is C27H51BrN6O4S. The Bertz CT molecular complexity index is 848. The van der Waals surface area contributed by atoms with Gasteiger partial charge in [-0.3, -0.25) is 14.9 Å². The topological polar surface area (TPSA) is 138 Å². The van der Waals surface area contributed by atoms with Gasteiger partial charge < -0.3 is 31.3 Å². The highest BCUT2D eigenvalue weighted by molar-refractivity contribution is 9.11. The van der Waals surface area contributed by atoms with E-state index < -0.39 is 17.2 Å². The van der Waals surface area contributed by atoms with Crippen LogP contribution in [0.3, 0.4) is 0 Å². The zero-order chi connectivity index (χ0) is 30.6. The van der Waals surface area contributed by atoms with Gasteiger partial charge in [-0.25, -0.2) is 4.79 Å². The lowest BCUT2D eigenvalue weighted by molar-refractivity contribution is -0.126. The van der Waals surface area contributed by atoms with Gasteiger partial charge in [-0.2, -0.15) is 0 Å². The zero-order valence-electron chi connectivity index (χ0n) is 25.4. The van der Waals surface area contributed by atoms with Gasteiger partial charge in [-0.1, -0.05) is 41.9 Å². The van der Waals surface area contributed by atoms with Crippen molar-refractivity contribution in [3.63, 3.8) is 0 Å². The molecule has 10 nitrogen and oxygen atoms in total. The summed E-state index contributed by atoms with van der Waals surface area (Å²) < 4.78 is 5.75. The van der Waals surface area contributed by atoms with E-state index in [-0.39, 0.29) is 11.8 Å². The SMILES string of the molecule is C/C=C(\C)NC(=O)OC(C)(C)C.C/C=C(\CNC(=O)/C(=C/SCBr)NC)N1CCC(NC)(C(N)=O)CC1.CC. The average molecular weight is 636 g/mol. The van der Waals surface area contributed by atoms with Crippen LogP contribution < -0.4 is 27.0 Å². The van der Waals surface area contributed by atoms with Crippen LogP contribution in [-0.4, -0.2) is 72.3 Å². The number of piperidine rings is 1. The van der Waals surface area contributed by atoms with Crippen LogP contribution in [-0.2, 0) is 14.3 Å². The first-order valence-corrected chi connectivity index (χ1v) is 15.3. The summed E-state index contributed by atoms with van der Waals surface area (Å²) in [6.07, 6.45) is 4.69. The van der Waals surface area contributed by atoms with Gasteiger partial charge in [0.2, 0.25) is 5.91 Å². The number of amides is 3. The lowest BCUT2D eigenvalue weighted by Gasteiger charge is -2.41. The molecule has 1 fully saturated rings. The number of thioether (sulfide) groups is 1. The van der Waals surface area contributed by atoms with Crippen molar-refractivity contribution in [2.45, 2.75) is 79.4 Å². The van der Waals surface area contributed by atoms with Crippen molar-refractivity contribution in [2.24, 2.45) is 5.73 Å². The van der Waals surface area contributed by atoms with Crippen molar-refractivity contribution in [1.82, 2.24) is 26.2 Å². The minimum absolute atomic E-state index is 0.144. The van der Waals surface area contributed by atoms with E-state index in [1.54, 1.807) is 19.5 Å². The van der Waals surface area contributed by atoms with Gasteiger partial charge in [0, 0.05) is 36.9 Å². The fraction of sp³-hybridized carbons (Fsp3) is 0.667. The predicted molar refractivity (Wildman–Crippen MR) is 167 cm³/mol. The summed E-state index contributed by atoms with van der Waals surface area (Å²) in [6, 6.07) is 0. The summed E-state index contributed by atoms with van der Waals surface area (Å²) in [6.45, 7) is 17.0. The fourth-order valence-electron chi connectivity index (χ4n) is 3.34. The van der Waals surface area contributed by atoms with E-state index in [2.05, 4.69) is 42.1 Å². The molecule has 3 amide bonds. The van der Waals surface area contributed by atoms with E-state index in [1.807, 2.05) is 67.5 Å². The number of alkyl carbamates (subject to hydrolysis) is 1. The summed E-state index contributed by atoms with van der Waals surface area (Å²) in [5, 5.41) is 13.3. The number of likely N-dealkylation sites (tertiary alicyclic amines) is 1. The molecule has 0 aromatic carbocycles. The molecule has 1 saturated heterocycles. The van der Waals surface area contributed by atoms with Crippen molar-refractivity contribution in [1.29, 1.82) is 0 Å². The molecule has 39 heavy (non-hydrogen) atoms. The predicted octanol–water partition coefficient (Wildman–Crippen LogP) is 4.15. The number of carbonyl (C=O) groups is 3. The van der Waals surface area contributed by atoms with Crippen LogP contribution in [0, 0.1) is 0 Å². The second kappa shape index (κ2) is 20.7. The number of allylic oxidation sites excluding steroid dienone is 3. The third-order valence-electron chi connectivity index (χ3n) is 5.65. The maximum Gasteiger partial charge on any atom is 0.411 e. The van der Waals surface area contributed by atoms with Crippen molar-refractivity contribution in [3.8, 4) is 0 Å². The molecule has 0 aromatic rings. The number of nitrogens with two attached hydrogens (primary N) is 1. The van der Waals surface area contributed by atoms with Crippen molar-refractivity contribution < 1.29 is 19.1 Å². The zero-order valence-corrected chi connectivity index (χ0v) is 27.8. The molecule has 0 bridgehead atoms. The highest BCUT2D eigenvalue weighted by atomic mass is 79.9. The number of ether oxygens (including phenoxy) is 1. The number of carbonyl (C=O) groups excluding carboxylic acids is 3. The molecule has 0 aliphatic carbocycles. The Hall–Kier alpha value is -2.18. The van der Waals surface area contributed by atoms with Gasteiger partial charge in [0.05, 0.1) is 11.2 Å². The van der Waals surface area contributed by atoms with Crippen LogP contribution in [0.2, 0.25) is 0 Å². The minimum atomic E-state index is -0.631. The van der Waals surface area contributed by atoms with Crippen LogP contribution in [0.4, 0.5) is 4.79 Å². The number of nitrogens with zero attached hydrogens (tertiary/aromatic N) is 1. The molecule has 12 heteroatoms. The first-order chi connectivity index (χ1) is 18.3. The summed E-state index contributed by atoms with van der Waals surface area (Å²) >= 11 is 4.81. The number of rotatable bonds is 10. The van der Waals surface area contributed by atoms with Gasteiger partial charge in [0.1, 0.15) is 16.8 Å². The van der Waals surface area contributed by atoms with Gasteiger partial charge in [-0.05, 0) is 61.4 Å². The van der Waals surface area contributed by atoms with Crippen molar-refractivity contribution in [2.75, 3.05) is 38.4 Å². The molecule has 1 aliphatic rings. The number of hydrogen-bond acceptors (Lipinski definition) is 8. The standard InChI is InChI=1S/C16H28BrN5O2S.C9H17NO2.C2H6/c1-4-12(9-21-14(23)13(19-2)10-25-11-17)22-7-5-16(20-3,6-8-22)15(18)24;1-6-7(2)10-8(11)12-9(3,4)5;1-2/h4,10,19-20H,5-9,11H2,1-3H3,(H2,18,24)(H,21,23);6H,1-5H3,(H,10,11);1-2H3/b12-4+,13-10-;7-6+;. The molecule has 6 N–H and O–H groups in total. The highest BCUT2D eigenvalue weighted by Crippen LogP contribution is 2.24. The number of likely N-dealkylation sites (N-methyl/N-ethyl adjacent to an activating group) is 2. The largest absolute Gasteiger partial charge is 0.444 e. The van der Waals surface area contributed by atoms with Crippen molar-refractivity contribution in [3.05, 3.63) is 34.7 Å². The Morgan fingerprint density at radius 2 is 1.67 bits per heavy atom. The van der Waals surface area contributed by atoms with E-state index >= 15 is 0 Å². The molecule has 0 saturated carbocycles. The normalized spacial score (nSPS) is 15.6. The number of nitrogens with one attached hydrogen (secondary N) is 4. The highest BCUT2D eigenvalue weighted by Gasteiger charge is 2.38. The Labute approximate surface area is 248 Å². The first kappa shape index (κ1) is 39.0. The Morgan fingerprint density at radius 1 is 1.10 bits per heavy atom. The molecule has 0 atom stereocenters. The van der Waals surface area contributed by atoms with E-state index in [0.29, 0.717) is 38.2 Å². The molecule has 1 aliphatic heterocycles. The minimum Gasteiger partial charge on any atom is -0.444 e. The summed E-state index contributed by atoms with van der Waals surface area (Å²) in [5.41, 5.74) is 6.84. The molecule has 1 heterocycles. The number of hydrogen-bond donors (Lipinski definition) is 5. The molecule has 0 unspecified atom stereocenters. The summed E-state index contributed by atoms with van der Waals surface area (Å²) in [4.78, 5) is 37.2. The smallest absolute Gasteiger partial charge is 0.411 e. The second-order valence-corrected chi connectivity index (χ2v) is 11.5. The van der Waals surface area contributed by atoms with E-state index in [1.165, 1.54) is 11.8 Å². The van der Waals surface area contributed by atoms with Gasteiger partial charge >= 0.3 is 6.09 Å². The van der Waals surface area contributed by atoms with Crippen molar-refractivity contribution >= 4 is 45.6 Å². The molecule has 1 rings (SSSR count). The first-order valence-electron chi connectivity index (χ1n) is 13.1. The molecule has 0 spiro atoms. The molecule has 226 valence electrons. The number of primary amides is 1. The summed E-state index contributed by atoms with van der Waals surface area (Å²) in [7, 11) is 3.50. The molecular weight excluding hydrogens is 584 g/mol. The van der Waals surface area contributed by atoms with Crippen LogP contribution in [0.25, 0.3) is 0 Å². The van der Waals surface area contributed by atoms with Crippen LogP contribution in [0.15, 0.2) is 34.7 Å². The monoisotopic (exact) mass is 634 g/mol. The Morgan fingerprint density at radius 3 is 2.05 bits per heavy atom. The molecule has 0 aromatic heterocycles. The maximum absolute atomic E-state index is 12.2. The lowest BCUT2D eigenvalue weighted by atomic mass is 9.86. The van der Waals surface area contributed by atoms with E-state index in [9.17, 15) is 14.4 Å².